The standard InChI is InChI=1S/C20H20N2O3/c1-4-5-19-14(2)21-22(3)20(19)25-18-12-10-17(11-13-18)24-16-8-6-15(23)7-9-16/h4-13,23H,1-3H3/b5-4-. The fourth-order valence-corrected chi connectivity index (χ4v) is 2.47. The topological polar surface area (TPSA) is 56.5 Å². The molecule has 0 saturated carbocycles. The minimum absolute atomic E-state index is 0.208. The van der Waals surface area contributed by atoms with Crippen LogP contribution in [0.15, 0.2) is 54.6 Å². The summed E-state index contributed by atoms with van der Waals surface area (Å²) in [4.78, 5) is 0. The Bertz CT molecular complexity index is 879. The Morgan fingerprint density at radius 3 is 2.00 bits per heavy atom. The summed E-state index contributed by atoms with van der Waals surface area (Å²) in [6.45, 7) is 3.92. The average molecular weight is 336 g/mol. The summed E-state index contributed by atoms with van der Waals surface area (Å²) in [7, 11) is 1.86. The van der Waals surface area contributed by atoms with Gasteiger partial charge >= 0.3 is 0 Å². The maximum absolute atomic E-state index is 9.30. The van der Waals surface area contributed by atoms with Gasteiger partial charge in [0.05, 0.1) is 11.3 Å². The van der Waals surface area contributed by atoms with Crippen molar-refractivity contribution < 1.29 is 14.6 Å². The molecule has 0 bridgehead atoms. The first-order chi connectivity index (χ1) is 12.1. The van der Waals surface area contributed by atoms with Gasteiger partial charge in [-0.05, 0) is 62.4 Å². The predicted molar refractivity (Wildman–Crippen MR) is 97.3 cm³/mol. The number of aryl methyl sites for hydroxylation is 2. The van der Waals surface area contributed by atoms with Gasteiger partial charge < -0.3 is 14.6 Å². The summed E-state index contributed by atoms with van der Waals surface area (Å²) < 4.78 is 13.5. The van der Waals surface area contributed by atoms with Crippen molar-refractivity contribution in [2.45, 2.75) is 13.8 Å². The quantitative estimate of drug-likeness (QED) is 0.708. The van der Waals surface area contributed by atoms with E-state index >= 15 is 0 Å². The SMILES string of the molecule is C/C=C\c1c(C)nn(C)c1Oc1ccc(Oc2ccc(O)cc2)cc1. The van der Waals surface area contributed by atoms with Gasteiger partial charge in [-0.25, -0.2) is 4.68 Å². The zero-order valence-electron chi connectivity index (χ0n) is 14.4. The van der Waals surface area contributed by atoms with E-state index in [2.05, 4.69) is 5.10 Å². The molecule has 0 saturated heterocycles. The fraction of sp³-hybridized carbons (Fsp3) is 0.150. The number of rotatable bonds is 5. The second-order valence-corrected chi connectivity index (χ2v) is 5.60. The molecule has 0 aliphatic heterocycles. The molecule has 0 aliphatic carbocycles. The fourth-order valence-electron chi connectivity index (χ4n) is 2.47. The second kappa shape index (κ2) is 7.13. The van der Waals surface area contributed by atoms with Gasteiger partial charge in [-0.2, -0.15) is 5.10 Å². The van der Waals surface area contributed by atoms with Crippen LogP contribution in [0.25, 0.3) is 6.08 Å². The normalized spacial score (nSPS) is 11.0. The van der Waals surface area contributed by atoms with Crippen LogP contribution in [-0.2, 0) is 7.05 Å². The Morgan fingerprint density at radius 1 is 0.920 bits per heavy atom. The number of hydrogen-bond donors (Lipinski definition) is 1. The molecule has 0 atom stereocenters. The molecule has 0 unspecified atom stereocenters. The Hall–Kier alpha value is -3.21. The van der Waals surface area contributed by atoms with Crippen LogP contribution in [0.5, 0.6) is 28.9 Å². The lowest BCUT2D eigenvalue weighted by Gasteiger charge is -2.09. The molecular weight excluding hydrogens is 316 g/mol. The zero-order chi connectivity index (χ0) is 17.8. The Kier molecular flexibility index (Phi) is 4.75. The Morgan fingerprint density at radius 2 is 1.44 bits per heavy atom. The van der Waals surface area contributed by atoms with E-state index in [1.54, 1.807) is 28.9 Å². The van der Waals surface area contributed by atoms with E-state index in [0.717, 1.165) is 11.3 Å². The first-order valence-corrected chi connectivity index (χ1v) is 7.98. The Labute approximate surface area is 146 Å². The molecule has 0 amide bonds. The van der Waals surface area contributed by atoms with Crippen LogP contribution in [-0.4, -0.2) is 14.9 Å². The third-order valence-corrected chi connectivity index (χ3v) is 3.66. The van der Waals surface area contributed by atoms with Gasteiger partial charge in [0.25, 0.3) is 0 Å². The molecule has 3 rings (SSSR count). The summed E-state index contributed by atoms with van der Waals surface area (Å²) in [5.41, 5.74) is 1.89. The molecule has 1 heterocycles. The number of benzene rings is 2. The van der Waals surface area contributed by atoms with E-state index in [-0.39, 0.29) is 5.75 Å². The van der Waals surface area contributed by atoms with Crippen molar-refractivity contribution in [3.8, 4) is 28.9 Å². The minimum atomic E-state index is 0.208. The van der Waals surface area contributed by atoms with Crippen molar-refractivity contribution in [1.82, 2.24) is 9.78 Å². The highest BCUT2D eigenvalue weighted by molar-refractivity contribution is 5.58. The number of aromatic hydroxyl groups is 1. The number of phenols is 1. The highest BCUT2D eigenvalue weighted by atomic mass is 16.5. The van der Waals surface area contributed by atoms with E-state index in [4.69, 9.17) is 9.47 Å². The number of ether oxygens (including phenoxy) is 2. The third kappa shape index (κ3) is 3.83. The van der Waals surface area contributed by atoms with Crippen molar-refractivity contribution >= 4 is 6.08 Å². The van der Waals surface area contributed by atoms with E-state index in [1.165, 1.54) is 0 Å². The lowest BCUT2D eigenvalue weighted by atomic mass is 10.2. The van der Waals surface area contributed by atoms with Crippen LogP contribution < -0.4 is 9.47 Å². The minimum Gasteiger partial charge on any atom is -0.508 e. The Balaban J connectivity index is 1.76. The third-order valence-electron chi connectivity index (χ3n) is 3.66. The molecule has 0 aliphatic rings. The van der Waals surface area contributed by atoms with Crippen LogP contribution >= 0.6 is 0 Å². The van der Waals surface area contributed by atoms with Gasteiger partial charge in [-0.3, -0.25) is 0 Å². The number of hydrogen-bond acceptors (Lipinski definition) is 4. The van der Waals surface area contributed by atoms with Crippen molar-refractivity contribution in [2.75, 3.05) is 0 Å². The van der Waals surface area contributed by atoms with Crippen LogP contribution in [0.2, 0.25) is 0 Å². The maximum atomic E-state index is 9.30. The van der Waals surface area contributed by atoms with Gasteiger partial charge in [0.2, 0.25) is 5.88 Å². The molecule has 25 heavy (non-hydrogen) atoms. The summed E-state index contributed by atoms with van der Waals surface area (Å²) in [5.74, 6) is 2.95. The van der Waals surface area contributed by atoms with E-state index in [1.807, 2.05) is 57.3 Å². The van der Waals surface area contributed by atoms with Crippen molar-refractivity contribution in [3.05, 3.63) is 65.9 Å². The summed E-state index contributed by atoms with van der Waals surface area (Å²) in [5, 5.41) is 13.7. The van der Waals surface area contributed by atoms with Crippen LogP contribution in [0.1, 0.15) is 18.2 Å². The van der Waals surface area contributed by atoms with Crippen LogP contribution in [0.3, 0.4) is 0 Å². The highest BCUT2D eigenvalue weighted by Gasteiger charge is 2.13. The number of nitrogens with zero attached hydrogens (tertiary/aromatic N) is 2. The molecule has 0 spiro atoms. The first kappa shape index (κ1) is 16.6. The smallest absolute Gasteiger partial charge is 0.225 e. The van der Waals surface area contributed by atoms with Crippen molar-refractivity contribution in [3.63, 3.8) is 0 Å². The van der Waals surface area contributed by atoms with Crippen LogP contribution in [0.4, 0.5) is 0 Å². The molecule has 5 nitrogen and oxygen atoms in total. The van der Waals surface area contributed by atoms with Crippen LogP contribution in [0, 0.1) is 6.92 Å². The van der Waals surface area contributed by atoms with Gasteiger partial charge in [-0.1, -0.05) is 12.2 Å². The van der Waals surface area contributed by atoms with E-state index < -0.39 is 0 Å². The predicted octanol–water partition coefficient (Wildman–Crippen LogP) is 5.05. The number of aromatic nitrogens is 2. The van der Waals surface area contributed by atoms with Gasteiger partial charge in [-0.15, -0.1) is 0 Å². The first-order valence-electron chi connectivity index (χ1n) is 7.98. The number of allylic oxidation sites excluding steroid dienone is 1. The molecule has 0 fully saturated rings. The molecule has 2 aromatic carbocycles. The summed E-state index contributed by atoms with van der Waals surface area (Å²) in [6, 6.07) is 13.9. The summed E-state index contributed by atoms with van der Waals surface area (Å²) in [6.07, 6.45) is 3.95. The lowest BCUT2D eigenvalue weighted by molar-refractivity contribution is 0.427. The number of phenolic OH excluding ortho intramolecular Hbond substituents is 1. The van der Waals surface area contributed by atoms with Gasteiger partial charge in [0.15, 0.2) is 0 Å². The molecule has 1 aromatic heterocycles. The zero-order valence-corrected chi connectivity index (χ0v) is 14.4. The highest BCUT2D eigenvalue weighted by Crippen LogP contribution is 2.30. The maximum Gasteiger partial charge on any atom is 0.225 e. The molecule has 5 heteroatoms. The van der Waals surface area contributed by atoms with Crippen molar-refractivity contribution in [1.29, 1.82) is 0 Å². The monoisotopic (exact) mass is 336 g/mol. The van der Waals surface area contributed by atoms with E-state index in [0.29, 0.717) is 23.1 Å². The van der Waals surface area contributed by atoms with E-state index in [9.17, 15) is 5.11 Å². The summed E-state index contributed by atoms with van der Waals surface area (Å²) >= 11 is 0. The molecule has 128 valence electrons. The molecule has 0 radical (unpaired) electrons. The molecule has 1 N–H and O–H groups in total. The lowest BCUT2D eigenvalue weighted by Crippen LogP contribution is -1.96. The molecular formula is C20H20N2O3. The average Bonchev–Trinajstić information content (AvgIpc) is 2.86. The molecule has 3 aromatic rings. The van der Waals surface area contributed by atoms with Crippen molar-refractivity contribution in [2.24, 2.45) is 7.05 Å². The second-order valence-electron chi connectivity index (χ2n) is 5.60. The largest absolute Gasteiger partial charge is 0.508 e. The van der Waals surface area contributed by atoms with Gasteiger partial charge in [0.1, 0.15) is 23.0 Å². The van der Waals surface area contributed by atoms with Gasteiger partial charge in [0, 0.05) is 7.05 Å².